The number of alkyl halides is 3. The van der Waals surface area contributed by atoms with Gasteiger partial charge in [0.15, 0.2) is 0 Å². The molecule has 2 fully saturated rings. The van der Waals surface area contributed by atoms with Crippen LogP contribution in [0.15, 0.2) is 36.4 Å². The van der Waals surface area contributed by atoms with Gasteiger partial charge in [0.1, 0.15) is 5.75 Å². The van der Waals surface area contributed by atoms with E-state index in [9.17, 15) is 13.2 Å². The van der Waals surface area contributed by atoms with Gasteiger partial charge in [0, 0.05) is 6.08 Å². The van der Waals surface area contributed by atoms with Gasteiger partial charge in [-0.15, -0.1) is 13.2 Å². The summed E-state index contributed by atoms with van der Waals surface area (Å²) in [5.41, 5.74) is 1.07. The molecule has 0 radical (unpaired) electrons. The highest BCUT2D eigenvalue weighted by atomic mass is 19.4. The van der Waals surface area contributed by atoms with Crippen molar-refractivity contribution < 1.29 is 17.9 Å². The Morgan fingerprint density at radius 1 is 0.848 bits per heavy atom. The van der Waals surface area contributed by atoms with Crippen molar-refractivity contribution in [3.05, 3.63) is 42.0 Å². The fraction of sp³-hybridized carbons (Fsp3) is 0.679. The van der Waals surface area contributed by atoms with E-state index in [2.05, 4.69) is 10.8 Å². The van der Waals surface area contributed by atoms with E-state index in [1.54, 1.807) is 18.2 Å². The number of hydrogen-bond donors (Lipinski definition) is 0. The number of benzene rings is 1. The topological polar surface area (TPSA) is 33.0 Å². The first-order chi connectivity index (χ1) is 15.9. The Morgan fingerprint density at radius 2 is 1.42 bits per heavy atom. The predicted octanol–water partition coefficient (Wildman–Crippen LogP) is 8.77. The summed E-state index contributed by atoms with van der Waals surface area (Å²) in [7, 11) is 0. The molecule has 0 spiro atoms. The molecule has 3 rings (SSSR count). The lowest BCUT2D eigenvalue weighted by Crippen LogP contribution is -2.25. The zero-order valence-electron chi connectivity index (χ0n) is 19.7. The Kier molecular flexibility index (Phi) is 10.2. The van der Waals surface area contributed by atoms with Crippen LogP contribution >= 0.6 is 0 Å². The molecule has 0 N–H and O–H groups in total. The molecule has 0 atom stereocenters. The molecule has 2 nitrogen and oxygen atoms in total. The third-order valence-corrected chi connectivity index (χ3v) is 7.87. The first-order valence-electron chi connectivity index (χ1n) is 12.8. The summed E-state index contributed by atoms with van der Waals surface area (Å²) in [6.45, 7) is 0. The van der Waals surface area contributed by atoms with Crippen LogP contribution in [0, 0.1) is 35.0 Å². The molecule has 0 amide bonds. The lowest BCUT2D eigenvalue weighted by molar-refractivity contribution is -0.274. The van der Waals surface area contributed by atoms with Crippen LogP contribution in [-0.4, -0.2) is 6.36 Å². The first kappa shape index (κ1) is 25.7. The molecule has 0 saturated heterocycles. The molecule has 1 aromatic rings. The van der Waals surface area contributed by atoms with E-state index in [4.69, 9.17) is 5.26 Å². The van der Waals surface area contributed by atoms with Gasteiger partial charge in [-0.25, -0.2) is 0 Å². The highest BCUT2D eigenvalue weighted by Crippen LogP contribution is 2.43. The van der Waals surface area contributed by atoms with Gasteiger partial charge in [0.05, 0.1) is 6.07 Å². The second-order valence-corrected chi connectivity index (χ2v) is 10.1. The van der Waals surface area contributed by atoms with Gasteiger partial charge in [-0.1, -0.05) is 56.7 Å². The molecule has 0 unspecified atom stereocenters. The number of allylic oxidation sites excluding steroid dienone is 2. The molecule has 0 aromatic heterocycles. The minimum atomic E-state index is -4.63. The Hall–Kier alpha value is -1.96. The van der Waals surface area contributed by atoms with Crippen LogP contribution in [0.5, 0.6) is 5.75 Å². The Labute approximate surface area is 197 Å². The van der Waals surface area contributed by atoms with Crippen molar-refractivity contribution in [2.75, 3.05) is 0 Å². The van der Waals surface area contributed by atoms with Crippen LogP contribution in [-0.2, 0) is 6.42 Å². The number of halogens is 3. The number of nitriles is 1. The van der Waals surface area contributed by atoms with Gasteiger partial charge in [-0.05, 0) is 92.7 Å². The molecule has 182 valence electrons. The number of unbranched alkanes of at least 4 members (excludes halogenated alkanes) is 1. The van der Waals surface area contributed by atoms with Crippen LogP contribution in [0.2, 0.25) is 0 Å². The van der Waals surface area contributed by atoms with E-state index < -0.39 is 6.36 Å². The third-order valence-electron chi connectivity index (χ3n) is 7.87. The van der Waals surface area contributed by atoms with Gasteiger partial charge < -0.3 is 4.74 Å². The summed E-state index contributed by atoms with van der Waals surface area (Å²) < 4.78 is 40.7. The minimum absolute atomic E-state index is 0.149. The van der Waals surface area contributed by atoms with Crippen LogP contribution < -0.4 is 4.74 Å². The largest absolute Gasteiger partial charge is 0.573 e. The van der Waals surface area contributed by atoms with Crippen LogP contribution in [0.1, 0.15) is 89.0 Å². The Bertz CT molecular complexity index is 749. The third kappa shape index (κ3) is 9.43. The molecule has 33 heavy (non-hydrogen) atoms. The number of ether oxygens (including phenoxy) is 1. The van der Waals surface area contributed by atoms with Crippen molar-refractivity contribution in [1.82, 2.24) is 0 Å². The van der Waals surface area contributed by atoms with Gasteiger partial charge in [-0.3, -0.25) is 0 Å². The summed E-state index contributed by atoms with van der Waals surface area (Å²) >= 11 is 0. The molecule has 0 aliphatic heterocycles. The standard InChI is InChI=1S/C28H38F3NO/c29-28(30,31)33-27-19-13-24(14-20-27)8-4-3-7-23-11-17-26(18-12-23)25-15-9-22(10-16-25)6-2-1-5-21-32/h1,5,13-14,19-20,22-23,25-26H,2-4,6-12,15-18H2/b5-1+. The number of hydrogen-bond acceptors (Lipinski definition) is 2. The lowest BCUT2D eigenvalue weighted by atomic mass is 9.68. The van der Waals surface area contributed by atoms with E-state index in [1.165, 1.54) is 82.8 Å². The fourth-order valence-electron chi connectivity index (χ4n) is 5.98. The Morgan fingerprint density at radius 3 is 1.97 bits per heavy atom. The monoisotopic (exact) mass is 461 g/mol. The van der Waals surface area contributed by atoms with Crippen LogP contribution in [0.25, 0.3) is 0 Å². The van der Waals surface area contributed by atoms with Crippen molar-refractivity contribution in [2.24, 2.45) is 23.7 Å². The number of nitrogens with zero attached hydrogens (tertiary/aromatic N) is 1. The zero-order valence-corrected chi connectivity index (χ0v) is 19.7. The summed E-state index contributed by atoms with van der Waals surface area (Å²) in [6, 6.07) is 8.37. The van der Waals surface area contributed by atoms with Crippen molar-refractivity contribution >= 4 is 0 Å². The predicted molar refractivity (Wildman–Crippen MR) is 126 cm³/mol. The van der Waals surface area contributed by atoms with E-state index in [1.807, 2.05) is 6.08 Å². The molecule has 1 aromatic carbocycles. The van der Waals surface area contributed by atoms with Crippen molar-refractivity contribution in [2.45, 2.75) is 96.3 Å². The van der Waals surface area contributed by atoms with E-state index >= 15 is 0 Å². The number of rotatable bonds is 10. The van der Waals surface area contributed by atoms with Gasteiger partial charge in [-0.2, -0.15) is 5.26 Å². The van der Waals surface area contributed by atoms with Gasteiger partial charge in [0.25, 0.3) is 0 Å². The molecular weight excluding hydrogens is 423 g/mol. The molecule has 2 aliphatic rings. The average molecular weight is 462 g/mol. The van der Waals surface area contributed by atoms with Gasteiger partial charge in [0.2, 0.25) is 0 Å². The minimum Gasteiger partial charge on any atom is -0.406 e. The maximum absolute atomic E-state index is 12.2. The summed E-state index contributed by atoms with van der Waals surface area (Å²) in [5, 5.41) is 8.58. The zero-order chi connectivity index (χ0) is 23.5. The van der Waals surface area contributed by atoms with Crippen LogP contribution in [0.3, 0.4) is 0 Å². The van der Waals surface area contributed by atoms with Crippen LogP contribution in [0.4, 0.5) is 13.2 Å². The molecular formula is C28H38F3NO. The maximum Gasteiger partial charge on any atom is 0.573 e. The fourth-order valence-corrected chi connectivity index (χ4v) is 5.98. The molecule has 2 aliphatic carbocycles. The normalized spacial score (nSPS) is 26.2. The molecule has 2 saturated carbocycles. The quantitative estimate of drug-likeness (QED) is 0.258. The Balaban J connectivity index is 1.25. The second-order valence-electron chi connectivity index (χ2n) is 10.1. The smallest absolute Gasteiger partial charge is 0.406 e. The van der Waals surface area contributed by atoms with Crippen molar-refractivity contribution in [3.63, 3.8) is 0 Å². The lowest BCUT2D eigenvalue weighted by Gasteiger charge is -2.38. The second kappa shape index (κ2) is 13.1. The van der Waals surface area contributed by atoms with Crippen molar-refractivity contribution in [1.29, 1.82) is 5.26 Å². The van der Waals surface area contributed by atoms with Gasteiger partial charge >= 0.3 is 6.36 Å². The van der Waals surface area contributed by atoms with Crippen molar-refractivity contribution in [3.8, 4) is 11.8 Å². The molecule has 0 bridgehead atoms. The molecule has 5 heteroatoms. The first-order valence-corrected chi connectivity index (χ1v) is 12.8. The highest BCUT2D eigenvalue weighted by Gasteiger charge is 2.31. The molecule has 0 heterocycles. The summed E-state index contributed by atoms with van der Waals surface area (Å²) in [4.78, 5) is 0. The highest BCUT2D eigenvalue weighted by molar-refractivity contribution is 5.27. The summed E-state index contributed by atoms with van der Waals surface area (Å²) in [5.74, 6) is 3.42. The van der Waals surface area contributed by atoms with E-state index in [-0.39, 0.29) is 5.75 Å². The average Bonchev–Trinajstić information content (AvgIpc) is 2.81. The summed E-state index contributed by atoms with van der Waals surface area (Å²) in [6.07, 6.45) is 16.8. The van der Waals surface area contributed by atoms with E-state index in [0.717, 1.165) is 48.5 Å². The maximum atomic E-state index is 12.2. The van der Waals surface area contributed by atoms with E-state index in [0.29, 0.717) is 0 Å². The number of aryl methyl sites for hydroxylation is 1. The SMILES string of the molecule is N#C/C=C/CCC1CCC(C2CCC(CCCCc3ccc(OC(F)(F)F)cc3)CC2)CC1.